The van der Waals surface area contributed by atoms with Crippen LogP contribution in [0.3, 0.4) is 0 Å². The van der Waals surface area contributed by atoms with Crippen molar-refractivity contribution >= 4 is 12.4 Å². The highest BCUT2D eigenvalue weighted by molar-refractivity contribution is 5.52. The van der Waals surface area contributed by atoms with E-state index in [2.05, 4.69) is 31.2 Å². The van der Waals surface area contributed by atoms with Gasteiger partial charge in [-0.25, -0.2) is 0 Å². The molecule has 13 heavy (non-hydrogen) atoms. The molecule has 0 heterocycles. The second-order valence-electron chi connectivity index (χ2n) is 3.06. The van der Waals surface area contributed by atoms with Gasteiger partial charge in [-0.3, -0.25) is 0 Å². The van der Waals surface area contributed by atoms with Gasteiger partial charge in [0.1, 0.15) is 6.29 Å². The Morgan fingerprint density at radius 3 is 2.46 bits per heavy atom. The fourth-order valence-electron chi connectivity index (χ4n) is 1.06. The molecule has 68 valence electrons. The molecule has 0 N–H and O–H groups in total. The topological polar surface area (TPSA) is 17.1 Å². The Hall–Kier alpha value is -1.37. The van der Waals surface area contributed by atoms with Crippen molar-refractivity contribution in [2.75, 3.05) is 0 Å². The SMILES string of the molecule is Cc1ccc(/C=C/CCC=O)cc1. The van der Waals surface area contributed by atoms with E-state index in [9.17, 15) is 4.79 Å². The summed E-state index contributed by atoms with van der Waals surface area (Å²) < 4.78 is 0. The number of benzene rings is 1. The zero-order chi connectivity index (χ0) is 9.52. The lowest BCUT2D eigenvalue weighted by atomic mass is 10.1. The summed E-state index contributed by atoms with van der Waals surface area (Å²) >= 11 is 0. The number of carbonyl (C=O) groups is 1. The van der Waals surface area contributed by atoms with Gasteiger partial charge in [-0.1, -0.05) is 42.0 Å². The molecule has 1 aromatic carbocycles. The number of allylic oxidation sites excluding steroid dienone is 1. The molecule has 0 aliphatic heterocycles. The summed E-state index contributed by atoms with van der Waals surface area (Å²) in [6, 6.07) is 8.32. The predicted octanol–water partition coefficient (Wildman–Crippen LogP) is 2.99. The molecule has 0 bridgehead atoms. The van der Waals surface area contributed by atoms with Crippen LogP contribution in [0.1, 0.15) is 24.0 Å². The van der Waals surface area contributed by atoms with Crippen molar-refractivity contribution in [2.45, 2.75) is 19.8 Å². The molecule has 0 saturated carbocycles. The molecule has 0 aromatic heterocycles. The fourth-order valence-corrected chi connectivity index (χ4v) is 1.06. The van der Waals surface area contributed by atoms with E-state index in [-0.39, 0.29) is 0 Å². The number of aldehydes is 1. The van der Waals surface area contributed by atoms with Crippen LogP contribution in [0.2, 0.25) is 0 Å². The highest BCUT2D eigenvalue weighted by Gasteiger charge is 1.85. The molecule has 1 rings (SSSR count). The van der Waals surface area contributed by atoms with E-state index in [1.54, 1.807) is 0 Å². The van der Waals surface area contributed by atoms with E-state index in [1.807, 2.05) is 12.2 Å². The fraction of sp³-hybridized carbons (Fsp3) is 0.250. The average molecular weight is 174 g/mol. The van der Waals surface area contributed by atoms with Crippen LogP contribution in [0.4, 0.5) is 0 Å². The normalized spacial score (nSPS) is 10.5. The van der Waals surface area contributed by atoms with Gasteiger partial charge in [0.25, 0.3) is 0 Å². The van der Waals surface area contributed by atoms with Crippen molar-refractivity contribution in [1.82, 2.24) is 0 Å². The maximum atomic E-state index is 10.0. The van der Waals surface area contributed by atoms with Crippen LogP contribution in [0.25, 0.3) is 6.08 Å². The number of hydrogen-bond donors (Lipinski definition) is 0. The summed E-state index contributed by atoms with van der Waals surface area (Å²) in [6.07, 6.45) is 6.46. The van der Waals surface area contributed by atoms with Gasteiger partial charge in [0.2, 0.25) is 0 Å². The maximum Gasteiger partial charge on any atom is 0.120 e. The molecule has 0 amide bonds. The minimum absolute atomic E-state index is 0.613. The lowest BCUT2D eigenvalue weighted by molar-refractivity contribution is -0.107. The summed E-state index contributed by atoms with van der Waals surface area (Å²) in [5.41, 5.74) is 2.46. The average Bonchev–Trinajstić information content (AvgIpc) is 2.15. The van der Waals surface area contributed by atoms with Gasteiger partial charge in [-0.2, -0.15) is 0 Å². The summed E-state index contributed by atoms with van der Waals surface area (Å²) in [7, 11) is 0. The molecule has 0 unspecified atom stereocenters. The van der Waals surface area contributed by atoms with E-state index < -0.39 is 0 Å². The molecule has 0 aliphatic rings. The highest BCUT2D eigenvalue weighted by atomic mass is 16.1. The van der Waals surface area contributed by atoms with Crippen molar-refractivity contribution < 1.29 is 4.79 Å². The van der Waals surface area contributed by atoms with Crippen LogP contribution in [0, 0.1) is 6.92 Å². The van der Waals surface area contributed by atoms with Gasteiger partial charge in [-0.05, 0) is 18.9 Å². The molecule has 0 radical (unpaired) electrons. The first-order chi connectivity index (χ1) is 6.33. The Balaban J connectivity index is 2.49. The Morgan fingerprint density at radius 2 is 1.85 bits per heavy atom. The minimum atomic E-state index is 0.613. The van der Waals surface area contributed by atoms with Gasteiger partial charge in [0, 0.05) is 6.42 Å². The molecule has 1 nitrogen and oxygen atoms in total. The third-order valence-corrected chi connectivity index (χ3v) is 1.84. The molecule has 0 spiro atoms. The zero-order valence-electron chi connectivity index (χ0n) is 7.86. The summed E-state index contributed by atoms with van der Waals surface area (Å²) in [5, 5.41) is 0. The summed E-state index contributed by atoms with van der Waals surface area (Å²) in [5.74, 6) is 0. The summed E-state index contributed by atoms with van der Waals surface area (Å²) in [6.45, 7) is 2.07. The Morgan fingerprint density at radius 1 is 1.15 bits per heavy atom. The number of unbranched alkanes of at least 4 members (excludes halogenated alkanes) is 1. The first kappa shape index (κ1) is 9.72. The highest BCUT2D eigenvalue weighted by Crippen LogP contribution is 2.05. The van der Waals surface area contributed by atoms with E-state index in [4.69, 9.17) is 0 Å². The molecule has 0 fully saturated rings. The van der Waals surface area contributed by atoms with Gasteiger partial charge in [0.05, 0.1) is 0 Å². The predicted molar refractivity (Wildman–Crippen MR) is 55.5 cm³/mol. The van der Waals surface area contributed by atoms with E-state index in [0.717, 1.165) is 12.7 Å². The number of rotatable bonds is 4. The van der Waals surface area contributed by atoms with Gasteiger partial charge < -0.3 is 4.79 Å². The van der Waals surface area contributed by atoms with Crippen LogP contribution in [0.5, 0.6) is 0 Å². The van der Waals surface area contributed by atoms with Gasteiger partial charge in [-0.15, -0.1) is 0 Å². The van der Waals surface area contributed by atoms with Crippen molar-refractivity contribution in [3.8, 4) is 0 Å². The van der Waals surface area contributed by atoms with Gasteiger partial charge in [0.15, 0.2) is 0 Å². The van der Waals surface area contributed by atoms with Gasteiger partial charge >= 0.3 is 0 Å². The summed E-state index contributed by atoms with van der Waals surface area (Å²) in [4.78, 5) is 10.0. The second-order valence-corrected chi connectivity index (χ2v) is 3.06. The second kappa shape index (κ2) is 5.31. The Bertz CT molecular complexity index is 282. The third kappa shape index (κ3) is 3.70. The Labute approximate surface area is 79.1 Å². The monoisotopic (exact) mass is 174 g/mol. The van der Waals surface area contributed by atoms with E-state index >= 15 is 0 Å². The quantitative estimate of drug-likeness (QED) is 0.506. The molecular formula is C12H14O. The van der Waals surface area contributed by atoms with Crippen molar-refractivity contribution in [3.63, 3.8) is 0 Å². The molecule has 0 atom stereocenters. The molecule has 0 aliphatic carbocycles. The van der Waals surface area contributed by atoms with Crippen molar-refractivity contribution in [2.24, 2.45) is 0 Å². The third-order valence-electron chi connectivity index (χ3n) is 1.84. The van der Waals surface area contributed by atoms with E-state index in [1.165, 1.54) is 11.1 Å². The maximum absolute atomic E-state index is 10.0. The van der Waals surface area contributed by atoms with Crippen molar-refractivity contribution in [3.05, 3.63) is 41.5 Å². The van der Waals surface area contributed by atoms with E-state index in [0.29, 0.717) is 6.42 Å². The smallest absolute Gasteiger partial charge is 0.120 e. The largest absolute Gasteiger partial charge is 0.303 e. The van der Waals surface area contributed by atoms with Crippen LogP contribution in [-0.4, -0.2) is 6.29 Å². The lowest BCUT2D eigenvalue weighted by Gasteiger charge is -1.93. The van der Waals surface area contributed by atoms with Crippen LogP contribution < -0.4 is 0 Å². The number of hydrogen-bond acceptors (Lipinski definition) is 1. The first-order valence-corrected chi connectivity index (χ1v) is 4.50. The minimum Gasteiger partial charge on any atom is -0.303 e. The molecular weight excluding hydrogens is 160 g/mol. The standard InChI is InChI=1S/C12H14O/c1-11-6-8-12(9-7-11)5-3-2-4-10-13/h3,5-10H,2,4H2,1H3/b5-3+. The van der Waals surface area contributed by atoms with Crippen molar-refractivity contribution in [1.29, 1.82) is 0 Å². The molecule has 1 heteroatoms. The molecule has 0 saturated heterocycles. The van der Waals surface area contributed by atoms with Crippen LogP contribution >= 0.6 is 0 Å². The number of carbonyl (C=O) groups excluding carboxylic acids is 1. The zero-order valence-corrected chi connectivity index (χ0v) is 7.86. The first-order valence-electron chi connectivity index (χ1n) is 4.50. The van der Waals surface area contributed by atoms with Crippen LogP contribution in [0.15, 0.2) is 30.3 Å². The lowest BCUT2D eigenvalue weighted by Crippen LogP contribution is -1.74. The van der Waals surface area contributed by atoms with Crippen LogP contribution in [-0.2, 0) is 4.79 Å². The number of aryl methyl sites for hydroxylation is 1. The Kier molecular flexibility index (Phi) is 3.97. The molecule has 1 aromatic rings.